The quantitative estimate of drug-likeness (QED) is 0.435. The summed E-state index contributed by atoms with van der Waals surface area (Å²) in [7, 11) is 1.64. The lowest BCUT2D eigenvalue weighted by atomic mass is 10.0. The fraction of sp³-hybridized carbons (Fsp3) is 0.462. The zero-order valence-corrected chi connectivity index (χ0v) is 21.6. The lowest BCUT2D eigenvalue weighted by molar-refractivity contribution is -0.143. The molecule has 3 aliphatic heterocycles. The molecule has 5 rings (SSSR count). The first-order valence-corrected chi connectivity index (χ1v) is 12.8. The molecule has 3 N–H and O–H groups in total. The molecular formula is C26H30N8O5. The molecule has 0 unspecified atom stereocenters. The van der Waals surface area contributed by atoms with E-state index in [1.165, 1.54) is 11.1 Å². The van der Waals surface area contributed by atoms with Crippen LogP contribution in [-0.4, -0.2) is 91.7 Å². The number of carbonyl (C=O) groups excluding carboxylic acids is 3. The Morgan fingerprint density at radius 2 is 2.23 bits per heavy atom. The number of amides is 3. The highest BCUT2D eigenvalue weighted by Crippen LogP contribution is 2.29. The van der Waals surface area contributed by atoms with Gasteiger partial charge in [-0.05, 0) is 24.5 Å². The van der Waals surface area contributed by atoms with Gasteiger partial charge in [-0.15, -0.1) is 0 Å². The summed E-state index contributed by atoms with van der Waals surface area (Å²) >= 11 is 0. The molecule has 2 aromatic rings. The second kappa shape index (κ2) is 11.7. The van der Waals surface area contributed by atoms with Crippen molar-refractivity contribution < 1.29 is 23.9 Å². The number of methoxy groups -OCH3 is 1. The topological polar surface area (TPSA) is 162 Å². The van der Waals surface area contributed by atoms with Gasteiger partial charge in [-0.1, -0.05) is 0 Å². The van der Waals surface area contributed by atoms with Crippen molar-refractivity contribution in [2.24, 2.45) is 0 Å². The molecule has 2 atom stereocenters. The first-order valence-electron chi connectivity index (χ1n) is 12.8. The number of morpholine rings is 1. The Balaban J connectivity index is 1.35. The van der Waals surface area contributed by atoms with Gasteiger partial charge in [0.1, 0.15) is 30.0 Å². The van der Waals surface area contributed by atoms with E-state index in [0.717, 1.165) is 5.56 Å². The molecule has 204 valence electrons. The van der Waals surface area contributed by atoms with Crippen LogP contribution >= 0.6 is 0 Å². The molecular weight excluding hydrogens is 504 g/mol. The van der Waals surface area contributed by atoms with Gasteiger partial charge in [-0.3, -0.25) is 19.8 Å². The summed E-state index contributed by atoms with van der Waals surface area (Å²) in [6, 6.07) is 5.11. The van der Waals surface area contributed by atoms with Crippen LogP contribution in [0.5, 0.6) is 0 Å². The van der Waals surface area contributed by atoms with Crippen LogP contribution in [0.2, 0.25) is 0 Å². The number of carbonyl (C=O) groups is 3. The van der Waals surface area contributed by atoms with E-state index < -0.39 is 6.03 Å². The number of aryl methyl sites for hydroxylation is 1. The van der Waals surface area contributed by atoms with Gasteiger partial charge in [0.25, 0.3) is 0 Å². The van der Waals surface area contributed by atoms with Crippen LogP contribution in [0.15, 0.2) is 18.3 Å². The molecule has 0 radical (unpaired) electrons. The summed E-state index contributed by atoms with van der Waals surface area (Å²) in [6.07, 6.45) is 3.40. The number of hydrogen-bond acceptors (Lipinski definition) is 10. The Labute approximate surface area is 225 Å². The van der Waals surface area contributed by atoms with E-state index in [4.69, 9.17) is 9.47 Å². The standard InChI is InChI=1S/C26H30N8O5/c1-38-22-12-28-11-20(22)30-19-8-23(29-10-18(19)9-27)32-26(37)34-4-2-3-16-7-17(21(14-35)31-25(16)34)13-33-5-6-39-15-24(33)36/h7-8,10,14,20,22,28H,2-6,11-13,15H2,1H3,(H2,29,30,32,37)/t20-,22-/m0/s1. The van der Waals surface area contributed by atoms with Crippen molar-refractivity contribution in [2.45, 2.75) is 31.5 Å². The molecule has 0 spiro atoms. The van der Waals surface area contributed by atoms with E-state index >= 15 is 0 Å². The van der Waals surface area contributed by atoms with Gasteiger partial charge in [0.15, 0.2) is 6.29 Å². The van der Waals surface area contributed by atoms with Crippen molar-refractivity contribution in [2.75, 3.05) is 62.0 Å². The zero-order chi connectivity index (χ0) is 27.4. The van der Waals surface area contributed by atoms with Crippen LogP contribution in [0.1, 0.15) is 33.6 Å². The number of hydrogen-bond donors (Lipinski definition) is 3. The maximum absolute atomic E-state index is 13.3. The fourth-order valence-corrected chi connectivity index (χ4v) is 5.06. The van der Waals surface area contributed by atoms with Gasteiger partial charge < -0.3 is 25.0 Å². The average Bonchev–Trinajstić information content (AvgIpc) is 3.40. The predicted octanol–water partition coefficient (Wildman–Crippen LogP) is 0.903. The van der Waals surface area contributed by atoms with Crippen LogP contribution in [0.25, 0.3) is 0 Å². The zero-order valence-electron chi connectivity index (χ0n) is 21.6. The normalized spacial score (nSPS) is 20.8. The third-order valence-electron chi connectivity index (χ3n) is 7.14. The number of pyridine rings is 2. The molecule has 3 aliphatic rings. The first-order chi connectivity index (χ1) is 19.0. The number of urea groups is 1. The van der Waals surface area contributed by atoms with Crippen molar-refractivity contribution in [3.63, 3.8) is 0 Å². The summed E-state index contributed by atoms with van der Waals surface area (Å²) in [5, 5.41) is 18.9. The highest BCUT2D eigenvalue weighted by molar-refractivity contribution is 6.02. The number of aromatic nitrogens is 2. The number of nitriles is 1. The summed E-state index contributed by atoms with van der Waals surface area (Å²) in [5.74, 6) is 0.541. The number of nitrogens with zero attached hydrogens (tertiary/aromatic N) is 5. The molecule has 5 heterocycles. The van der Waals surface area contributed by atoms with Gasteiger partial charge in [-0.25, -0.2) is 14.8 Å². The summed E-state index contributed by atoms with van der Waals surface area (Å²) in [4.78, 5) is 49.4. The molecule has 0 saturated carbocycles. The second-order valence-electron chi connectivity index (χ2n) is 9.60. The molecule has 39 heavy (non-hydrogen) atoms. The molecule has 2 saturated heterocycles. The molecule has 3 amide bonds. The second-order valence-corrected chi connectivity index (χ2v) is 9.60. The number of fused-ring (bicyclic) bond motifs is 1. The SMILES string of the molecule is CO[C@H]1CNC[C@@H]1Nc1cc(NC(=O)N2CCCc3cc(CN4CCOCC4=O)c(C=O)nc32)ncc1C#N. The third kappa shape index (κ3) is 5.68. The number of rotatable bonds is 7. The maximum Gasteiger partial charge on any atom is 0.328 e. The lowest BCUT2D eigenvalue weighted by Crippen LogP contribution is -2.42. The molecule has 2 fully saturated rings. The Hall–Kier alpha value is -4.12. The highest BCUT2D eigenvalue weighted by atomic mass is 16.5. The van der Waals surface area contributed by atoms with Crippen LogP contribution in [-0.2, 0) is 27.2 Å². The highest BCUT2D eigenvalue weighted by Gasteiger charge is 2.29. The minimum Gasteiger partial charge on any atom is -0.378 e. The largest absolute Gasteiger partial charge is 0.378 e. The average molecular weight is 535 g/mol. The van der Waals surface area contributed by atoms with E-state index in [1.54, 1.807) is 18.1 Å². The minimum absolute atomic E-state index is 0.0217. The summed E-state index contributed by atoms with van der Waals surface area (Å²) in [5.41, 5.74) is 2.55. The van der Waals surface area contributed by atoms with Crippen LogP contribution in [0, 0.1) is 11.3 Å². The van der Waals surface area contributed by atoms with Gasteiger partial charge in [0.05, 0.1) is 30.0 Å². The fourth-order valence-electron chi connectivity index (χ4n) is 5.06. The molecule has 0 aliphatic carbocycles. The minimum atomic E-state index is -0.447. The van der Waals surface area contributed by atoms with Gasteiger partial charge in [0.2, 0.25) is 5.91 Å². The Morgan fingerprint density at radius 3 is 3.00 bits per heavy atom. The van der Waals surface area contributed by atoms with Crippen LogP contribution < -0.4 is 20.9 Å². The van der Waals surface area contributed by atoms with E-state index in [1.807, 2.05) is 6.07 Å². The van der Waals surface area contributed by atoms with E-state index in [9.17, 15) is 19.6 Å². The van der Waals surface area contributed by atoms with E-state index in [2.05, 4.69) is 32.0 Å². The Bertz CT molecular complexity index is 1310. The predicted molar refractivity (Wildman–Crippen MR) is 141 cm³/mol. The number of anilines is 3. The smallest absolute Gasteiger partial charge is 0.328 e. The van der Waals surface area contributed by atoms with Crippen molar-refractivity contribution in [3.05, 3.63) is 40.7 Å². The molecule has 2 aromatic heterocycles. The van der Waals surface area contributed by atoms with Crippen LogP contribution in [0.4, 0.5) is 22.1 Å². The third-order valence-corrected chi connectivity index (χ3v) is 7.14. The Kier molecular flexibility index (Phi) is 7.97. The summed E-state index contributed by atoms with van der Waals surface area (Å²) in [6.45, 7) is 2.95. The monoisotopic (exact) mass is 534 g/mol. The number of nitrogens with one attached hydrogen (secondary N) is 3. The molecule has 13 nitrogen and oxygen atoms in total. The van der Waals surface area contributed by atoms with Crippen molar-refractivity contribution in [3.8, 4) is 6.07 Å². The number of aldehydes is 1. The van der Waals surface area contributed by atoms with Crippen molar-refractivity contribution in [1.82, 2.24) is 20.2 Å². The Morgan fingerprint density at radius 1 is 1.36 bits per heavy atom. The number of ether oxygens (including phenoxy) is 2. The molecule has 13 heteroatoms. The molecule has 0 bridgehead atoms. The molecule has 0 aromatic carbocycles. The van der Waals surface area contributed by atoms with Gasteiger partial charge >= 0.3 is 6.03 Å². The van der Waals surface area contributed by atoms with E-state index in [0.29, 0.717) is 74.5 Å². The van der Waals surface area contributed by atoms with E-state index in [-0.39, 0.29) is 42.7 Å². The lowest BCUT2D eigenvalue weighted by Gasteiger charge is -2.31. The first kappa shape index (κ1) is 26.5. The maximum atomic E-state index is 13.3. The van der Waals surface area contributed by atoms with Crippen molar-refractivity contribution in [1.29, 1.82) is 5.26 Å². The van der Waals surface area contributed by atoms with Gasteiger partial charge in [0, 0.05) is 57.7 Å². The van der Waals surface area contributed by atoms with Crippen LogP contribution in [0.3, 0.4) is 0 Å². The van der Waals surface area contributed by atoms with Crippen molar-refractivity contribution >= 4 is 35.5 Å². The summed E-state index contributed by atoms with van der Waals surface area (Å²) < 4.78 is 10.7. The van der Waals surface area contributed by atoms with Gasteiger partial charge in [-0.2, -0.15) is 5.26 Å².